The van der Waals surface area contributed by atoms with Gasteiger partial charge in [0.25, 0.3) is 0 Å². The molecule has 0 aromatic rings. The lowest BCUT2D eigenvalue weighted by Crippen LogP contribution is -2.59. The number of carboxylic acids is 1. The summed E-state index contributed by atoms with van der Waals surface area (Å²) in [6.07, 6.45) is 1.56. The summed E-state index contributed by atoms with van der Waals surface area (Å²) in [7, 11) is 0. The SMILES string of the molecule is CSCCC(NC(=O)C(NC(=O)C(CO)NC(=O)C(N)CC(N)=O)C(C)C)C(=O)O. The third-order valence-corrected chi connectivity index (χ3v) is 4.69. The Labute approximate surface area is 178 Å². The first-order chi connectivity index (χ1) is 13.9. The molecule has 0 bridgehead atoms. The fourth-order valence-electron chi connectivity index (χ4n) is 2.33. The Morgan fingerprint density at radius 1 is 0.967 bits per heavy atom. The summed E-state index contributed by atoms with van der Waals surface area (Å²) in [5.41, 5.74) is 10.5. The topological polar surface area (TPSA) is 214 Å². The molecule has 0 fully saturated rings. The van der Waals surface area contributed by atoms with Crippen molar-refractivity contribution in [2.45, 2.75) is 50.9 Å². The fourth-order valence-corrected chi connectivity index (χ4v) is 2.80. The van der Waals surface area contributed by atoms with Gasteiger partial charge in [0, 0.05) is 0 Å². The highest BCUT2D eigenvalue weighted by Crippen LogP contribution is 2.06. The Morgan fingerprint density at radius 2 is 1.53 bits per heavy atom. The molecule has 9 N–H and O–H groups in total. The number of hydrogen-bond donors (Lipinski definition) is 7. The Balaban J connectivity index is 5.14. The van der Waals surface area contributed by atoms with E-state index in [1.807, 2.05) is 0 Å². The van der Waals surface area contributed by atoms with Gasteiger partial charge in [-0.25, -0.2) is 4.79 Å². The van der Waals surface area contributed by atoms with Gasteiger partial charge in [-0.3, -0.25) is 19.2 Å². The zero-order valence-corrected chi connectivity index (χ0v) is 18.0. The Morgan fingerprint density at radius 3 is 1.97 bits per heavy atom. The van der Waals surface area contributed by atoms with Crippen molar-refractivity contribution < 1.29 is 34.2 Å². The maximum absolute atomic E-state index is 12.5. The quantitative estimate of drug-likeness (QED) is 0.145. The molecule has 0 heterocycles. The summed E-state index contributed by atoms with van der Waals surface area (Å²) in [5, 5.41) is 25.6. The Hall–Kier alpha value is -2.38. The van der Waals surface area contributed by atoms with Crippen molar-refractivity contribution in [3.63, 3.8) is 0 Å². The third-order valence-electron chi connectivity index (χ3n) is 4.05. The molecule has 30 heavy (non-hydrogen) atoms. The van der Waals surface area contributed by atoms with Crippen LogP contribution in [0.3, 0.4) is 0 Å². The van der Waals surface area contributed by atoms with E-state index in [0.717, 1.165) is 0 Å². The highest BCUT2D eigenvalue weighted by Gasteiger charge is 2.31. The van der Waals surface area contributed by atoms with Crippen molar-refractivity contribution >= 4 is 41.4 Å². The number of rotatable bonds is 14. The number of aliphatic hydroxyl groups is 1. The second-order valence-corrected chi connectivity index (χ2v) is 7.92. The van der Waals surface area contributed by atoms with Crippen LogP contribution in [0.1, 0.15) is 26.7 Å². The second kappa shape index (κ2) is 13.8. The summed E-state index contributed by atoms with van der Waals surface area (Å²) in [4.78, 5) is 59.1. The van der Waals surface area contributed by atoms with Crippen LogP contribution < -0.4 is 27.4 Å². The number of nitrogens with two attached hydrogens (primary N) is 2. The number of amides is 4. The molecule has 0 aliphatic heterocycles. The van der Waals surface area contributed by atoms with Gasteiger partial charge in [0.1, 0.15) is 18.1 Å². The van der Waals surface area contributed by atoms with Crippen LogP contribution in [0.5, 0.6) is 0 Å². The lowest BCUT2D eigenvalue weighted by atomic mass is 10.0. The molecule has 13 heteroatoms. The minimum absolute atomic E-state index is 0.202. The van der Waals surface area contributed by atoms with E-state index in [-0.39, 0.29) is 6.42 Å². The standard InChI is InChI=1S/C17H31N5O7S/c1-8(2)13(16(27)20-10(17(28)29)4-5-30-3)22-15(26)11(7-23)21-14(25)9(18)6-12(19)24/h8-11,13,23H,4-7,18H2,1-3H3,(H2,19,24)(H,20,27)(H,21,25)(H,22,26)(H,28,29). The Kier molecular flexibility index (Phi) is 12.7. The zero-order chi connectivity index (χ0) is 23.4. The van der Waals surface area contributed by atoms with Gasteiger partial charge in [-0.05, 0) is 24.3 Å². The van der Waals surface area contributed by atoms with E-state index in [0.29, 0.717) is 5.75 Å². The van der Waals surface area contributed by atoms with E-state index in [1.165, 1.54) is 11.8 Å². The van der Waals surface area contributed by atoms with Crippen LogP contribution in [-0.4, -0.2) is 82.6 Å². The number of aliphatic hydroxyl groups excluding tert-OH is 1. The van der Waals surface area contributed by atoms with Crippen molar-refractivity contribution in [2.75, 3.05) is 18.6 Å². The van der Waals surface area contributed by atoms with Gasteiger partial charge in [0.05, 0.1) is 19.1 Å². The molecule has 0 spiro atoms. The molecular formula is C17H31N5O7S. The summed E-state index contributed by atoms with van der Waals surface area (Å²) < 4.78 is 0. The first kappa shape index (κ1) is 27.6. The molecule has 0 aliphatic rings. The molecule has 0 rings (SSSR count). The molecule has 0 saturated heterocycles. The van der Waals surface area contributed by atoms with E-state index in [4.69, 9.17) is 11.5 Å². The molecular weight excluding hydrogens is 418 g/mol. The van der Waals surface area contributed by atoms with Crippen LogP contribution in [0.25, 0.3) is 0 Å². The van der Waals surface area contributed by atoms with Gasteiger partial charge < -0.3 is 37.6 Å². The third kappa shape index (κ3) is 9.89. The van der Waals surface area contributed by atoms with E-state index in [2.05, 4.69) is 16.0 Å². The predicted octanol–water partition coefficient (Wildman–Crippen LogP) is -2.87. The lowest BCUT2D eigenvalue weighted by Gasteiger charge is -2.26. The molecule has 4 unspecified atom stereocenters. The maximum atomic E-state index is 12.5. The fraction of sp³-hybridized carbons (Fsp3) is 0.706. The van der Waals surface area contributed by atoms with Crippen LogP contribution in [-0.2, 0) is 24.0 Å². The van der Waals surface area contributed by atoms with Gasteiger partial charge in [-0.15, -0.1) is 0 Å². The first-order valence-corrected chi connectivity index (χ1v) is 10.6. The van der Waals surface area contributed by atoms with Crippen LogP contribution in [0.4, 0.5) is 0 Å². The molecule has 0 aromatic carbocycles. The van der Waals surface area contributed by atoms with E-state index in [9.17, 15) is 34.2 Å². The lowest BCUT2D eigenvalue weighted by molar-refractivity contribution is -0.142. The van der Waals surface area contributed by atoms with Crippen LogP contribution in [0.2, 0.25) is 0 Å². The normalized spacial score (nSPS) is 14.9. The molecule has 0 radical (unpaired) electrons. The van der Waals surface area contributed by atoms with Gasteiger partial charge in [0.15, 0.2) is 0 Å². The molecule has 0 aliphatic carbocycles. The van der Waals surface area contributed by atoms with Gasteiger partial charge in [-0.1, -0.05) is 13.8 Å². The summed E-state index contributed by atoms with van der Waals surface area (Å²) in [6, 6.07) is -4.97. The summed E-state index contributed by atoms with van der Waals surface area (Å²) in [6.45, 7) is 2.48. The second-order valence-electron chi connectivity index (χ2n) is 6.93. The van der Waals surface area contributed by atoms with Crippen molar-refractivity contribution in [1.82, 2.24) is 16.0 Å². The molecule has 12 nitrogen and oxygen atoms in total. The maximum Gasteiger partial charge on any atom is 0.326 e. The minimum atomic E-state index is -1.43. The largest absolute Gasteiger partial charge is 0.480 e. The number of carbonyl (C=O) groups is 5. The molecule has 0 saturated carbocycles. The molecule has 0 aromatic heterocycles. The molecule has 172 valence electrons. The number of hydrogen-bond acceptors (Lipinski definition) is 8. The van der Waals surface area contributed by atoms with Crippen LogP contribution in [0.15, 0.2) is 0 Å². The monoisotopic (exact) mass is 449 g/mol. The van der Waals surface area contributed by atoms with Crippen LogP contribution >= 0.6 is 11.8 Å². The smallest absolute Gasteiger partial charge is 0.326 e. The van der Waals surface area contributed by atoms with Gasteiger partial charge in [0.2, 0.25) is 23.6 Å². The molecule has 4 atom stereocenters. The number of thioether (sulfide) groups is 1. The average Bonchev–Trinajstić information content (AvgIpc) is 2.65. The summed E-state index contributed by atoms with van der Waals surface area (Å²) in [5.74, 6) is -4.38. The number of primary amides is 1. The first-order valence-electron chi connectivity index (χ1n) is 9.22. The number of carboxylic acid groups (broad SMARTS) is 1. The summed E-state index contributed by atoms with van der Waals surface area (Å²) >= 11 is 1.43. The number of carbonyl (C=O) groups excluding carboxylic acids is 4. The van der Waals surface area contributed by atoms with E-state index < -0.39 is 72.7 Å². The Bertz CT molecular complexity index is 632. The van der Waals surface area contributed by atoms with E-state index >= 15 is 0 Å². The number of nitrogens with one attached hydrogen (secondary N) is 3. The van der Waals surface area contributed by atoms with Crippen molar-refractivity contribution in [3.8, 4) is 0 Å². The highest BCUT2D eigenvalue weighted by atomic mass is 32.2. The van der Waals surface area contributed by atoms with Crippen molar-refractivity contribution in [2.24, 2.45) is 17.4 Å². The predicted molar refractivity (Wildman–Crippen MR) is 110 cm³/mol. The van der Waals surface area contributed by atoms with Crippen molar-refractivity contribution in [3.05, 3.63) is 0 Å². The van der Waals surface area contributed by atoms with Gasteiger partial charge >= 0.3 is 5.97 Å². The van der Waals surface area contributed by atoms with Crippen molar-refractivity contribution in [1.29, 1.82) is 0 Å². The highest BCUT2D eigenvalue weighted by molar-refractivity contribution is 7.98. The van der Waals surface area contributed by atoms with E-state index in [1.54, 1.807) is 20.1 Å². The average molecular weight is 450 g/mol. The van der Waals surface area contributed by atoms with Gasteiger partial charge in [-0.2, -0.15) is 11.8 Å². The zero-order valence-electron chi connectivity index (χ0n) is 17.2. The minimum Gasteiger partial charge on any atom is -0.480 e. The van der Waals surface area contributed by atoms with Crippen LogP contribution in [0, 0.1) is 5.92 Å². The number of aliphatic carboxylic acids is 1. The molecule has 4 amide bonds.